The first-order valence-electron chi connectivity index (χ1n) is 3.98. The van der Waals surface area contributed by atoms with Crippen molar-refractivity contribution in [1.29, 1.82) is 0 Å². The molecule has 0 bridgehead atoms. The molecule has 14 heavy (non-hydrogen) atoms. The van der Waals surface area contributed by atoms with Gasteiger partial charge in [-0.15, -0.1) is 11.3 Å². The molecule has 5 heteroatoms. The fourth-order valence-electron chi connectivity index (χ4n) is 1.32. The van der Waals surface area contributed by atoms with Gasteiger partial charge in [0.1, 0.15) is 0 Å². The Morgan fingerprint density at radius 2 is 2.29 bits per heavy atom. The van der Waals surface area contributed by atoms with Crippen molar-refractivity contribution in [3.8, 4) is 0 Å². The van der Waals surface area contributed by atoms with E-state index in [1.165, 1.54) is 17.4 Å². The van der Waals surface area contributed by atoms with E-state index >= 15 is 0 Å². The number of aryl methyl sites for hydroxylation is 1. The molecule has 0 amide bonds. The van der Waals surface area contributed by atoms with Gasteiger partial charge in [-0.25, -0.2) is 9.78 Å². The van der Waals surface area contributed by atoms with Crippen molar-refractivity contribution in [2.45, 2.75) is 6.92 Å². The van der Waals surface area contributed by atoms with Crippen molar-refractivity contribution in [2.75, 3.05) is 5.73 Å². The number of hydrogen-bond donors (Lipinski definition) is 2. The number of aromatic carboxylic acids is 1. The molecule has 0 fully saturated rings. The highest BCUT2D eigenvalue weighted by Crippen LogP contribution is 2.27. The van der Waals surface area contributed by atoms with Crippen LogP contribution >= 0.6 is 11.3 Å². The number of carboxylic acid groups (broad SMARTS) is 1. The smallest absolute Gasteiger partial charge is 0.337 e. The van der Waals surface area contributed by atoms with Gasteiger partial charge in [0.15, 0.2) is 0 Å². The van der Waals surface area contributed by atoms with Gasteiger partial charge in [0.25, 0.3) is 0 Å². The molecule has 0 aliphatic heterocycles. The van der Waals surface area contributed by atoms with Crippen LogP contribution in [-0.2, 0) is 0 Å². The Labute approximate surface area is 84.0 Å². The Morgan fingerprint density at radius 3 is 2.93 bits per heavy atom. The third kappa shape index (κ3) is 1.31. The lowest BCUT2D eigenvalue weighted by Gasteiger charge is -1.97. The molecule has 0 saturated carbocycles. The minimum atomic E-state index is -0.967. The van der Waals surface area contributed by atoms with Gasteiger partial charge >= 0.3 is 5.97 Å². The van der Waals surface area contributed by atoms with Crippen LogP contribution in [0.15, 0.2) is 12.1 Å². The Morgan fingerprint density at radius 1 is 1.57 bits per heavy atom. The number of thiazole rings is 1. The number of carboxylic acids is 1. The monoisotopic (exact) mass is 208 g/mol. The average Bonchev–Trinajstić information content (AvgIpc) is 2.42. The summed E-state index contributed by atoms with van der Waals surface area (Å²) in [5.74, 6) is -0.967. The van der Waals surface area contributed by atoms with E-state index in [0.29, 0.717) is 15.9 Å². The summed E-state index contributed by atoms with van der Waals surface area (Å²) in [6, 6.07) is 3.15. The number of aromatic nitrogens is 1. The summed E-state index contributed by atoms with van der Waals surface area (Å²) in [7, 11) is 0. The number of nitrogens with two attached hydrogens (primary N) is 1. The first kappa shape index (κ1) is 8.96. The summed E-state index contributed by atoms with van der Waals surface area (Å²) in [6.07, 6.45) is 0. The van der Waals surface area contributed by atoms with Gasteiger partial charge < -0.3 is 10.8 Å². The van der Waals surface area contributed by atoms with Crippen LogP contribution in [0.1, 0.15) is 15.4 Å². The maximum absolute atomic E-state index is 10.9. The maximum atomic E-state index is 10.9. The number of fused-ring (bicyclic) bond motifs is 1. The van der Waals surface area contributed by atoms with E-state index in [-0.39, 0.29) is 5.56 Å². The molecule has 2 rings (SSSR count). The third-order valence-corrected chi connectivity index (χ3v) is 2.87. The van der Waals surface area contributed by atoms with E-state index in [2.05, 4.69) is 4.98 Å². The minimum Gasteiger partial charge on any atom is -0.478 e. The molecule has 0 radical (unpaired) electrons. The van der Waals surface area contributed by atoms with Crippen LogP contribution in [0.2, 0.25) is 0 Å². The van der Waals surface area contributed by atoms with E-state index in [1.807, 2.05) is 6.92 Å². The van der Waals surface area contributed by atoms with Gasteiger partial charge in [-0.3, -0.25) is 0 Å². The van der Waals surface area contributed by atoms with E-state index in [9.17, 15) is 4.79 Å². The molecule has 1 aromatic carbocycles. The largest absolute Gasteiger partial charge is 0.478 e. The second kappa shape index (κ2) is 2.95. The highest BCUT2D eigenvalue weighted by molar-refractivity contribution is 7.18. The standard InChI is InChI=1S/C9H8N2O2S/c1-4-11-7-3-5(10)2-6(9(12)13)8(7)14-4/h2-3H,10H2,1H3,(H,12,13). The molecule has 4 nitrogen and oxygen atoms in total. The van der Waals surface area contributed by atoms with Gasteiger partial charge in [-0.05, 0) is 19.1 Å². The van der Waals surface area contributed by atoms with Gasteiger partial charge in [0.05, 0.1) is 20.8 Å². The molecule has 0 spiro atoms. The van der Waals surface area contributed by atoms with Crippen LogP contribution in [0.5, 0.6) is 0 Å². The molecule has 2 aromatic rings. The Balaban J connectivity index is 2.85. The zero-order valence-corrected chi connectivity index (χ0v) is 8.26. The Bertz CT molecular complexity index is 519. The molecule has 1 heterocycles. The normalized spacial score (nSPS) is 10.6. The predicted molar refractivity (Wildman–Crippen MR) is 55.7 cm³/mol. The van der Waals surface area contributed by atoms with Gasteiger partial charge in [0.2, 0.25) is 0 Å². The van der Waals surface area contributed by atoms with Crippen LogP contribution < -0.4 is 5.73 Å². The number of benzene rings is 1. The van der Waals surface area contributed by atoms with Crippen molar-refractivity contribution in [2.24, 2.45) is 0 Å². The summed E-state index contributed by atoms with van der Waals surface area (Å²) in [5, 5.41) is 9.78. The molecular weight excluding hydrogens is 200 g/mol. The zero-order valence-electron chi connectivity index (χ0n) is 7.44. The van der Waals surface area contributed by atoms with E-state index in [4.69, 9.17) is 10.8 Å². The lowest BCUT2D eigenvalue weighted by Crippen LogP contribution is -1.98. The van der Waals surface area contributed by atoms with E-state index in [0.717, 1.165) is 5.01 Å². The molecule has 72 valence electrons. The average molecular weight is 208 g/mol. The molecule has 1 aromatic heterocycles. The maximum Gasteiger partial charge on any atom is 0.337 e. The van der Waals surface area contributed by atoms with Crippen LogP contribution in [0.4, 0.5) is 5.69 Å². The van der Waals surface area contributed by atoms with Crippen molar-refractivity contribution < 1.29 is 9.90 Å². The summed E-state index contributed by atoms with van der Waals surface area (Å²) >= 11 is 1.37. The van der Waals surface area contributed by atoms with Gasteiger partial charge in [-0.2, -0.15) is 0 Å². The summed E-state index contributed by atoms with van der Waals surface area (Å²) in [4.78, 5) is 15.1. The number of rotatable bonds is 1. The van der Waals surface area contributed by atoms with E-state index in [1.54, 1.807) is 6.07 Å². The predicted octanol–water partition coefficient (Wildman–Crippen LogP) is 1.89. The molecule has 0 aliphatic carbocycles. The molecule has 0 unspecified atom stereocenters. The second-order valence-electron chi connectivity index (χ2n) is 2.95. The first-order chi connectivity index (χ1) is 6.58. The zero-order chi connectivity index (χ0) is 10.3. The van der Waals surface area contributed by atoms with Crippen molar-refractivity contribution in [1.82, 2.24) is 4.98 Å². The van der Waals surface area contributed by atoms with Gasteiger partial charge in [-0.1, -0.05) is 0 Å². The van der Waals surface area contributed by atoms with Crippen LogP contribution in [0, 0.1) is 6.92 Å². The molecule has 0 saturated heterocycles. The second-order valence-corrected chi connectivity index (χ2v) is 4.16. The number of carbonyl (C=O) groups is 1. The number of anilines is 1. The highest BCUT2D eigenvalue weighted by Gasteiger charge is 2.12. The minimum absolute atomic E-state index is 0.227. The lowest BCUT2D eigenvalue weighted by atomic mass is 10.2. The Kier molecular flexibility index (Phi) is 1.89. The fraction of sp³-hybridized carbons (Fsp3) is 0.111. The number of hydrogen-bond acceptors (Lipinski definition) is 4. The number of nitrogen functional groups attached to an aromatic ring is 1. The van der Waals surface area contributed by atoms with Crippen molar-refractivity contribution in [3.63, 3.8) is 0 Å². The number of nitrogens with zero attached hydrogens (tertiary/aromatic N) is 1. The summed E-state index contributed by atoms with van der Waals surface area (Å²) < 4.78 is 0.684. The molecule has 3 N–H and O–H groups in total. The molecular formula is C9H8N2O2S. The van der Waals surface area contributed by atoms with Crippen molar-refractivity contribution >= 4 is 33.2 Å². The quantitative estimate of drug-likeness (QED) is 0.701. The Hall–Kier alpha value is -1.62. The SMILES string of the molecule is Cc1nc2cc(N)cc(C(=O)O)c2s1. The summed E-state index contributed by atoms with van der Waals surface area (Å²) in [6.45, 7) is 1.84. The fourth-order valence-corrected chi connectivity index (χ4v) is 2.23. The topological polar surface area (TPSA) is 76.2 Å². The first-order valence-corrected chi connectivity index (χ1v) is 4.79. The third-order valence-electron chi connectivity index (χ3n) is 1.85. The van der Waals surface area contributed by atoms with Gasteiger partial charge in [0, 0.05) is 5.69 Å². The summed E-state index contributed by atoms with van der Waals surface area (Å²) in [5.41, 5.74) is 6.89. The molecule has 0 atom stereocenters. The lowest BCUT2D eigenvalue weighted by molar-refractivity contribution is 0.0699. The van der Waals surface area contributed by atoms with Crippen molar-refractivity contribution in [3.05, 3.63) is 22.7 Å². The van der Waals surface area contributed by atoms with Crippen LogP contribution in [-0.4, -0.2) is 16.1 Å². The highest BCUT2D eigenvalue weighted by atomic mass is 32.1. The molecule has 0 aliphatic rings. The van der Waals surface area contributed by atoms with Crippen LogP contribution in [0.25, 0.3) is 10.2 Å². The van der Waals surface area contributed by atoms with E-state index < -0.39 is 5.97 Å². The van der Waals surface area contributed by atoms with Crippen LogP contribution in [0.3, 0.4) is 0 Å².